The smallest absolute Gasteiger partial charge is 0.313 e. The molecule has 0 aromatic carbocycles. The maximum atomic E-state index is 11.3. The van der Waals surface area contributed by atoms with Crippen LogP contribution in [-0.2, 0) is 9.53 Å². The Bertz CT molecular complexity index is 158. The first-order chi connectivity index (χ1) is 5.88. The molecule has 0 aliphatic rings. The number of aliphatic hydroxyl groups excluding tert-OH is 1. The molecule has 0 radical (unpaired) electrons. The van der Waals surface area contributed by atoms with Gasteiger partial charge in [-0.3, -0.25) is 4.79 Å². The molecule has 0 aliphatic heterocycles. The number of carbonyl (C=O) groups is 1. The van der Waals surface area contributed by atoms with E-state index in [0.29, 0.717) is 6.42 Å². The molecule has 1 N–H and O–H groups in total. The van der Waals surface area contributed by atoms with Gasteiger partial charge in [-0.2, -0.15) is 0 Å². The lowest BCUT2D eigenvalue weighted by Gasteiger charge is -2.19. The van der Waals surface area contributed by atoms with Crippen LogP contribution in [0.4, 0.5) is 0 Å². The minimum Gasteiger partial charge on any atom is -0.436 e. The molecule has 0 aromatic heterocycles. The zero-order valence-corrected chi connectivity index (χ0v) is 8.96. The molecule has 0 saturated heterocycles. The molecule has 0 spiro atoms. The van der Waals surface area contributed by atoms with Crippen molar-refractivity contribution in [2.24, 2.45) is 5.41 Å². The van der Waals surface area contributed by atoms with Crippen LogP contribution in [0.3, 0.4) is 0 Å². The number of rotatable bonds is 4. The molecule has 0 bridgehead atoms. The number of esters is 1. The molecule has 1 atom stereocenters. The Morgan fingerprint density at radius 2 is 2.00 bits per heavy atom. The second-order valence-electron chi connectivity index (χ2n) is 4.25. The van der Waals surface area contributed by atoms with Crippen LogP contribution in [0.1, 0.15) is 47.0 Å². The summed E-state index contributed by atoms with van der Waals surface area (Å²) in [4.78, 5) is 11.3. The fourth-order valence-electron chi connectivity index (χ4n) is 0.738. The Labute approximate surface area is 80.1 Å². The summed E-state index contributed by atoms with van der Waals surface area (Å²) in [5.41, 5.74) is -0.535. The number of unbranched alkanes of at least 4 members (excludes halogenated alkanes) is 1. The monoisotopic (exact) mass is 188 g/mol. The van der Waals surface area contributed by atoms with Crippen molar-refractivity contribution in [1.29, 1.82) is 0 Å². The van der Waals surface area contributed by atoms with Crippen molar-refractivity contribution in [2.45, 2.75) is 53.2 Å². The van der Waals surface area contributed by atoms with Crippen molar-refractivity contribution in [3.63, 3.8) is 0 Å². The average Bonchev–Trinajstić information content (AvgIpc) is 1.99. The van der Waals surface area contributed by atoms with E-state index in [1.54, 1.807) is 20.8 Å². The van der Waals surface area contributed by atoms with E-state index in [1.807, 2.05) is 6.92 Å². The Balaban J connectivity index is 3.79. The van der Waals surface area contributed by atoms with Crippen molar-refractivity contribution in [3.8, 4) is 0 Å². The lowest BCUT2D eigenvalue weighted by atomic mass is 9.97. The van der Waals surface area contributed by atoms with Crippen molar-refractivity contribution in [3.05, 3.63) is 0 Å². The van der Waals surface area contributed by atoms with Crippen molar-refractivity contribution >= 4 is 5.97 Å². The highest BCUT2D eigenvalue weighted by atomic mass is 16.6. The first-order valence-corrected chi connectivity index (χ1v) is 4.77. The fourth-order valence-corrected chi connectivity index (χ4v) is 0.738. The minimum atomic E-state index is -0.938. The third kappa shape index (κ3) is 5.64. The molecule has 0 saturated carbocycles. The number of hydrogen-bond donors (Lipinski definition) is 1. The van der Waals surface area contributed by atoms with Crippen molar-refractivity contribution in [1.82, 2.24) is 0 Å². The topological polar surface area (TPSA) is 46.5 Å². The lowest BCUT2D eigenvalue weighted by Crippen LogP contribution is -2.28. The van der Waals surface area contributed by atoms with Gasteiger partial charge in [0.15, 0.2) is 0 Å². The summed E-state index contributed by atoms with van der Waals surface area (Å²) in [7, 11) is 0. The molecule has 0 rings (SSSR count). The molecular formula is C10H20O3. The van der Waals surface area contributed by atoms with Gasteiger partial charge in [0.1, 0.15) is 0 Å². The third-order valence-electron chi connectivity index (χ3n) is 1.66. The largest absolute Gasteiger partial charge is 0.436 e. The molecule has 3 heteroatoms. The molecular weight excluding hydrogens is 168 g/mol. The van der Waals surface area contributed by atoms with Gasteiger partial charge in [-0.25, -0.2) is 0 Å². The standard InChI is InChI=1S/C10H20O3/c1-5-6-7-8(11)13-9(12)10(2,3)4/h8,11H,5-7H2,1-4H3. The molecule has 0 fully saturated rings. The first-order valence-electron chi connectivity index (χ1n) is 4.77. The molecule has 0 aliphatic carbocycles. The lowest BCUT2D eigenvalue weighted by molar-refractivity contribution is -0.178. The Hall–Kier alpha value is -0.570. The predicted molar refractivity (Wildman–Crippen MR) is 51.1 cm³/mol. The van der Waals surface area contributed by atoms with Crippen LogP contribution in [0.2, 0.25) is 0 Å². The van der Waals surface area contributed by atoms with E-state index in [4.69, 9.17) is 4.74 Å². The van der Waals surface area contributed by atoms with Crippen LogP contribution in [0.25, 0.3) is 0 Å². The van der Waals surface area contributed by atoms with Crippen LogP contribution in [0.15, 0.2) is 0 Å². The van der Waals surface area contributed by atoms with Gasteiger partial charge in [0.05, 0.1) is 5.41 Å². The molecule has 1 unspecified atom stereocenters. The number of carbonyl (C=O) groups excluding carboxylic acids is 1. The average molecular weight is 188 g/mol. The Kier molecular flexibility index (Phi) is 4.99. The summed E-state index contributed by atoms with van der Waals surface area (Å²) < 4.78 is 4.83. The van der Waals surface area contributed by atoms with Gasteiger partial charge in [0, 0.05) is 6.42 Å². The van der Waals surface area contributed by atoms with Crippen molar-refractivity contribution < 1.29 is 14.6 Å². The second-order valence-corrected chi connectivity index (χ2v) is 4.25. The number of ether oxygens (including phenoxy) is 1. The van der Waals surface area contributed by atoms with Gasteiger partial charge in [0.2, 0.25) is 6.29 Å². The summed E-state index contributed by atoms with van der Waals surface area (Å²) in [6.07, 6.45) is 1.45. The van der Waals surface area contributed by atoms with Gasteiger partial charge < -0.3 is 9.84 Å². The Morgan fingerprint density at radius 1 is 1.46 bits per heavy atom. The fraction of sp³-hybridized carbons (Fsp3) is 0.900. The highest BCUT2D eigenvalue weighted by Gasteiger charge is 2.25. The maximum Gasteiger partial charge on any atom is 0.313 e. The van der Waals surface area contributed by atoms with Crippen LogP contribution in [-0.4, -0.2) is 17.4 Å². The normalized spacial score (nSPS) is 13.9. The summed E-state index contributed by atoms with van der Waals surface area (Å²) in [6, 6.07) is 0. The summed E-state index contributed by atoms with van der Waals surface area (Å²) in [5.74, 6) is -0.351. The predicted octanol–water partition coefficient (Wildman–Crippen LogP) is 2.08. The molecule has 3 nitrogen and oxygen atoms in total. The van der Waals surface area contributed by atoms with Crippen LogP contribution >= 0.6 is 0 Å². The van der Waals surface area contributed by atoms with Crippen LogP contribution in [0.5, 0.6) is 0 Å². The molecule has 0 heterocycles. The van der Waals surface area contributed by atoms with Crippen LogP contribution in [0, 0.1) is 5.41 Å². The zero-order chi connectivity index (χ0) is 10.5. The second kappa shape index (κ2) is 5.22. The van der Waals surface area contributed by atoms with Gasteiger partial charge in [-0.05, 0) is 27.2 Å². The maximum absolute atomic E-state index is 11.3. The van der Waals surface area contributed by atoms with Gasteiger partial charge in [-0.15, -0.1) is 0 Å². The minimum absolute atomic E-state index is 0.351. The van der Waals surface area contributed by atoms with E-state index >= 15 is 0 Å². The van der Waals surface area contributed by atoms with E-state index in [1.165, 1.54) is 0 Å². The molecule has 78 valence electrons. The van der Waals surface area contributed by atoms with Gasteiger partial charge in [-0.1, -0.05) is 13.3 Å². The summed E-state index contributed by atoms with van der Waals surface area (Å²) in [6.45, 7) is 7.32. The number of aliphatic hydroxyl groups is 1. The Morgan fingerprint density at radius 3 is 2.38 bits per heavy atom. The SMILES string of the molecule is CCCCC(O)OC(=O)C(C)(C)C. The van der Waals surface area contributed by atoms with E-state index < -0.39 is 11.7 Å². The van der Waals surface area contributed by atoms with Gasteiger partial charge in [0.25, 0.3) is 0 Å². The summed E-state index contributed by atoms with van der Waals surface area (Å²) in [5, 5.41) is 9.27. The van der Waals surface area contributed by atoms with E-state index in [-0.39, 0.29) is 5.97 Å². The van der Waals surface area contributed by atoms with Crippen molar-refractivity contribution in [2.75, 3.05) is 0 Å². The van der Waals surface area contributed by atoms with Crippen LogP contribution < -0.4 is 0 Å². The third-order valence-corrected chi connectivity index (χ3v) is 1.66. The van der Waals surface area contributed by atoms with E-state index in [2.05, 4.69) is 0 Å². The zero-order valence-electron chi connectivity index (χ0n) is 8.96. The number of hydrogen-bond acceptors (Lipinski definition) is 3. The molecule has 13 heavy (non-hydrogen) atoms. The highest BCUT2D eigenvalue weighted by Crippen LogP contribution is 2.17. The van der Waals surface area contributed by atoms with E-state index in [9.17, 15) is 9.90 Å². The molecule has 0 amide bonds. The first kappa shape index (κ1) is 12.4. The van der Waals surface area contributed by atoms with E-state index in [0.717, 1.165) is 12.8 Å². The quantitative estimate of drug-likeness (QED) is 0.542. The van der Waals surface area contributed by atoms with Gasteiger partial charge >= 0.3 is 5.97 Å². The molecule has 0 aromatic rings. The highest BCUT2D eigenvalue weighted by molar-refractivity contribution is 5.75. The summed E-state index contributed by atoms with van der Waals surface area (Å²) >= 11 is 0.